The summed E-state index contributed by atoms with van der Waals surface area (Å²) >= 11 is 0. The van der Waals surface area contributed by atoms with Crippen LogP contribution < -0.4 is 5.32 Å². The third kappa shape index (κ3) is 3.42. The highest BCUT2D eigenvalue weighted by atomic mass is 15.2. The molecule has 2 fully saturated rings. The van der Waals surface area contributed by atoms with Crippen molar-refractivity contribution in [2.24, 2.45) is 13.0 Å². The van der Waals surface area contributed by atoms with Crippen molar-refractivity contribution in [1.82, 2.24) is 19.4 Å². The first kappa shape index (κ1) is 17.4. The van der Waals surface area contributed by atoms with Crippen molar-refractivity contribution in [2.75, 3.05) is 18.4 Å². The van der Waals surface area contributed by atoms with Gasteiger partial charge in [-0.3, -0.25) is 0 Å². The van der Waals surface area contributed by atoms with E-state index in [0.717, 1.165) is 34.2 Å². The molecule has 3 aromatic rings. The summed E-state index contributed by atoms with van der Waals surface area (Å²) in [5.74, 6) is 1.41. The lowest BCUT2D eigenvalue weighted by molar-refractivity contribution is 0.191. The fraction of sp³-hybridized carbons (Fsp3) is 0.391. The Morgan fingerprint density at radius 2 is 1.89 bits per heavy atom. The van der Waals surface area contributed by atoms with Crippen molar-refractivity contribution >= 4 is 16.6 Å². The summed E-state index contributed by atoms with van der Waals surface area (Å²) in [6.45, 7) is 6.74. The van der Waals surface area contributed by atoms with Crippen molar-refractivity contribution in [3.63, 3.8) is 0 Å². The van der Waals surface area contributed by atoms with Gasteiger partial charge in [-0.1, -0.05) is 18.7 Å². The van der Waals surface area contributed by atoms with E-state index in [1.807, 2.05) is 30.3 Å². The zero-order valence-electron chi connectivity index (χ0n) is 16.4. The molecule has 5 nitrogen and oxygen atoms in total. The van der Waals surface area contributed by atoms with Gasteiger partial charge in [-0.25, -0.2) is 9.97 Å². The average molecular weight is 374 g/mol. The molecular weight excluding hydrogens is 346 g/mol. The number of fused-ring (bicyclic) bond motifs is 1. The average Bonchev–Trinajstić information content (AvgIpc) is 3.48. The molecule has 0 amide bonds. The first-order chi connectivity index (χ1) is 13.7. The van der Waals surface area contributed by atoms with E-state index in [2.05, 4.69) is 51.0 Å². The van der Waals surface area contributed by atoms with Crippen LogP contribution in [0.2, 0.25) is 0 Å². The summed E-state index contributed by atoms with van der Waals surface area (Å²) in [4.78, 5) is 11.5. The van der Waals surface area contributed by atoms with E-state index in [-0.39, 0.29) is 0 Å². The van der Waals surface area contributed by atoms with Crippen molar-refractivity contribution in [3.8, 4) is 11.3 Å². The first-order valence-electron chi connectivity index (χ1n) is 10.2. The third-order valence-corrected chi connectivity index (χ3v) is 6.21. The zero-order valence-corrected chi connectivity index (χ0v) is 16.4. The van der Waals surface area contributed by atoms with Crippen molar-refractivity contribution in [2.45, 2.75) is 31.7 Å². The minimum absolute atomic E-state index is 0.535. The summed E-state index contributed by atoms with van der Waals surface area (Å²) in [6.07, 6.45) is 10.8. The molecule has 0 radical (unpaired) electrons. The summed E-state index contributed by atoms with van der Waals surface area (Å²) < 4.78 is 2.04. The topological polar surface area (TPSA) is 46.0 Å². The number of pyridine rings is 1. The van der Waals surface area contributed by atoms with E-state index in [1.165, 1.54) is 44.2 Å². The van der Waals surface area contributed by atoms with Gasteiger partial charge in [0, 0.05) is 41.9 Å². The van der Waals surface area contributed by atoms with Crippen LogP contribution in [0.4, 0.5) is 5.82 Å². The lowest BCUT2D eigenvalue weighted by Gasteiger charge is -2.33. The van der Waals surface area contributed by atoms with Gasteiger partial charge in [-0.2, -0.15) is 0 Å². The van der Waals surface area contributed by atoms with Crippen LogP contribution in [0.5, 0.6) is 0 Å². The highest BCUT2D eigenvalue weighted by molar-refractivity contribution is 5.88. The van der Waals surface area contributed by atoms with Crippen LogP contribution in [0.3, 0.4) is 0 Å². The molecule has 0 atom stereocenters. The van der Waals surface area contributed by atoms with E-state index in [1.54, 1.807) is 0 Å². The van der Waals surface area contributed by atoms with Gasteiger partial charge in [0.25, 0.3) is 0 Å². The Bertz CT molecular complexity index is 1010. The number of aryl methyl sites for hydroxylation is 1. The van der Waals surface area contributed by atoms with Gasteiger partial charge in [0.05, 0.1) is 18.2 Å². The SMILES string of the molecule is C=C(Nc1cc2cc(-c3cncn3C)ccc2cn1)C1CCN(C2CC2)CC1. The summed E-state index contributed by atoms with van der Waals surface area (Å²) in [7, 11) is 2.02. The summed E-state index contributed by atoms with van der Waals surface area (Å²) in [5.41, 5.74) is 3.38. The number of benzene rings is 1. The molecule has 2 aliphatic rings. The first-order valence-corrected chi connectivity index (χ1v) is 10.2. The Morgan fingerprint density at radius 3 is 2.61 bits per heavy atom. The van der Waals surface area contributed by atoms with Gasteiger partial charge < -0.3 is 14.8 Å². The fourth-order valence-corrected chi connectivity index (χ4v) is 4.32. The van der Waals surface area contributed by atoms with Crippen LogP contribution in [0.1, 0.15) is 25.7 Å². The van der Waals surface area contributed by atoms with Gasteiger partial charge in [0.1, 0.15) is 5.82 Å². The Labute approximate surface area is 166 Å². The molecule has 28 heavy (non-hydrogen) atoms. The van der Waals surface area contributed by atoms with E-state index in [9.17, 15) is 0 Å². The number of anilines is 1. The molecule has 2 aromatic heterocycles. The largest absolute Gasteiger partial charge is 0.344 e. The molecule has 0 bridgehead atoms. The Kier molecular flexibility index (Phi) is 4.40. The molecule has 1 aliphatic heterocycles. The molecule has 1 saturated carbocycles. The molecule has 1 aromatic carbocycles. The number of hydrogen-bond donors (Lipinski definition) is 1. The van der Waals surface area contributed by atoms with E-state index < -0.39 is 0 Å². The van der Waals surface area contributed by atoms with E-state index >= 15 is 0 Å². The number of rotatable bonds is 5. The third-order valence-electron chi connectivity index (χ3n) is 6.21. The van der Waals surface area contributed by atoms with Gasteiger partial charge in [-0.15, -0.1) is 0 Å². The Balaban J connectivity index is 1.31. The molecule has 5 rings (SSSR count). The molecule has 5 heteroatoms. The number of piperidine rings is 1. The van der Waals surface area contributed by atoms with Crippen molar-refractivity contribution < 1.29 is 0 Å². The molecule has 0 unspecified atom stereocenters. The quantitative estimate of drug-likeness (QED) is 0.718. The lowest BCUT2D eigenvalue weighted by Crippen LogP contribution is -2.36. The van der Waals surface area contributed by atoms with Crippen LogP contribution in [0.15, 0.2) is 55.3 Å². The van der Waals surface area contributed by atoms with Crippen LogP contribution in [0.25, 0.3) is 22.0 Å². The van der Waals surface area contributed by atoms with E-state index in [4.69, 9.17) is 0 Å². The molecular formula is C23H27N5. The second kappa shape index (κ2) is 7.06. The highest BCUT2D eigenvalue weighted by Crippen LogP contribution is 2.33. The minimum Gasteiger partial charge on any atom is -0.344 e. The molecule has 3 heterocycles. The van der Waals surface area contributed by atoms with Crippen molar-refractivity contribution in [1.29, 1.82) is 0 Å². The van der Waals surface area contributed by atoms with Gasteiger partial charge in [0.15, 0.2) is 0 Å². The lowest BCUT2D eigenvalue weighted by atomic mass is 9.94. The standard InChI is InChI=1S/C23H27N5/c1-16(17-7-9-28(10-8-17)21-5-6-21)26-23-12-20-11-18(3-4-19(20)13-25-23)22-14-24-15-27(22)2/h3-4,11-15,17,21H,1,5-10H2,2H3,(H,25,26). The smallest absolute Gasteiger partial charge is 0.130 e. The monoisotopic (exact) mass is 373 g/mol. The van der Waals surface area contributed by atoms with Crippen LogP contribution in [0, 0.1) is 5.92 Å². The number of nitrogens with zero attached hydrogens (tertiary/aromatic N) is 4. The maximum Gasteiger partial charge on any atom is 0.130 e. The fourth-order valence-electron chi connectivity index (χ4n) is 4.32. The van der Waals surface area contributed by atoms with Crippen molar-refractivity contribution in [3.05, 3.63) is 55.3 Å². The predicted molar refractivity (Wildman–Crippen MR) is 114 cm³/mol. The summed E-state index contributed by atoms with van der Waals surface area (Å²) in [5, 5.41) is 5.80. The second-order valence-corrected chi connectivity index (χ2v) is 8.21. The second-order valence-electron chi connectivity index (χ2n) is 8.21. The number of likely N-dealkylation sites (tertiary alicyclic amines) is 1. The Morgan fingerprint density at radius 1 is 1.07 bits per heavy atom. The van der Waals surface area contributed by atoms with Gasteiger partial charge >= 0.3 is 0 Å². The minimum atomic E-state index is 0.535. The molecule has 1 saturated heterocycles. The number of allylic oxidation sites excluding steroid dienone is 1. The number of imidazole rings is 1. The van der Waals surface area contributed by atoms with E-state index in [0.29, 0.717) is 5.92 Å². The van der Waals surface area contributed by atoms with Gasteiger partial charge in [0.2, 0.25) is 0 Å². The number of aromatic nitrogens is 3. The van der Waals surface area contributed by atoms with Gasteiger partial charge in [-0.05, 0) is 56.3 Å². The molecule has 0 spiro atoms. The number of hydrogen-bond acceptors (Lipinski definition) is 4. The maximum atomic E-state index is 4.60. The number of nitrogens with one attached hydrogen (secondary N) is 1. The molecule has 1 aliphatic carbocycles. The molecule has 1 N–H and O–H groups in total. The Hall–Kier alpha value is -2.66. The maximum absolute atomic E-state index is 4.60. The molecule has 144 valence electrons. The van der Waals surface area contributed by atoms with Crippen LogP contribution in [-0.2, 0) is 7.05 Å². The zero-order chi connectivity index (χ0) is 19.1. The predicted octanol–water partition coefficient (Wildman–Crippen LogP) is 4.44. The van der Waals surface area contributed by atoms with Crippen LogP contribution >= 0.6 is 0 Å². The normalized spacial score (nSPS) is 18.5. The highest BCUT2D eigenvalue weighted by Gasteiger charge is 2.32. The van der Waals surface area contributed by atoms with Crippen LogP contribution in [-0.4, -0.2) is 38.6 Å². The summed E-state index contributed by atoms with van der Waals surface area (Å²) in [6, 6.07) is 9.45.